The minimum absolute atomic E-state index is 0.0182. The fourth-order valence-corrected chi connectivity index (χ4v) is 2.22. The van der Waals surface area contributed by atoms with Gasteiger partial charge in [0.05, 0.1) is 0 Å². The molecule has 1 aromatic rings. The van der Waals surface area contributed by atoms with E-state index < -0.39 is 5.78 Å². The average Bonchev–Trinajstić information content (AvgIpc) is 3.17. The zero-order valence-corrected chi connectivity index (χ0v) is 11.5. The van der Waals surface area contributed by atoms with E-state index in [0.29, 0.717) is 15.6 Å². The Labute approximate surface area is 120 Å². The highest BCUT2D eigenvalue weighted by Gasteiger charge is 2.34. The summed E-state index contributed by atoms with van der Waals surface area (Å²) in [4.78, 5) is 23.8. The van der Waals surface area contributed by atoms with Gasteiger partial charge in [0.15, 0.2) is 11.6 Å². The van der Waals surface area contributed by atoms with Gasteiger partial charge in [0.2, 0.25) is 0 Å². The van der Waals surface area contributed by atoms with Gasteiger partial charge >= 0.3 is 0 Å². The van der Waals surface area contributed by atoms with Crippen LogP contribution in [-0.2, 0) is 16.0 Å². The second-order valence-corrected chi connectivity index (χ2v) is 5.32. The van der Waals surface area contributed by atoms with Crippen molar-refractivity contribution in [1.29, 1.82) is 5.41 Å². The second-order valence-electron chi connectivity index (χ2n) is 4.47. The molecule has 1 fully saturated rings. The molecular weight excluding hydrogens is 285 g/mol. The average molecular weight is 296 g/mol. The lowest BCUT2D eigenvalue weighted by Crippen LogP contribution is -2.17. The number of nitrogens with one attached hydrogen (secondary N) is 1. The van der Waals surface area contributed by atoms with Crippen LogP contribution < -0.4 is 0 Å². The van der Waals surface area contributed by atoms with Crippen molar-refractivity contribution in [2.75, 3.05) is 0 Å². The first-order valence-corrected chi connectivity index (χ1v) is 6.59. The maximum Gasteiger partial charge on any atom is 0.180 e. The van der Waals surface area contributed by atoms with Gasteiger partial charge in [-0.15, -0.1) is 0 Å². The van der Waals surface area contributed by atoms with Crippen LogP contribution in [0.15, 0.2) is 23.8 Å². The Morgan fingerprint density at radius 3 is 2.53 bits per heavy atom. The molecule has 0 saturated heterocycles. The minimum Gasteiger partial charge on any atom is -0.293 e. The molecular formula is C14H11Cl2NO2. The van der Waals surface area contributed by atoms with Crippen molar-refractivity contribution in [2.45, 2.75) is 19.3 Å². The monoisotopic (exact) mass is 295 g/mol. The maximum absolute atomic E-state index is 12.0. The summed E-state index contributed by atoms with van der Waals surface area (Å²) in [6, 6.07) is 4.82. The van der Waals surface area contributed by atoms with Crippen LogP contribution in [0.4, 0.5) is 0 Å². The Morgan fingerprint density at radius 1 is 1.32 bits per heavy atom. The van der Waals surface area contributed by atoms with E-state index in [1.54, 1.807) is 18.2 Å². The number of ketones is 2. The summed E-state index contributed by atoms with van der Waals surface area (Å²) in [7, 11) is 0. The lowest BCUT2D eigenvalue weighted by molar-refractivity contribution is -0.121. The number of carbonyl (C=O) groups is 2. The van der Waals surface area contributed by atoms with Crippen LogP contribution in [0.1, 0.15) is 18.4 Å². The topological polar surface area (TPSA) is 58.0 Å². The van der Waals surface area contributed by atoms with E-state index in [2.05, 4.69) is 0 Å². The van der Waals surface area contributed by atoms with Crippen LogP contribution in [-0.4, -0.2) is 17.4 Å². The van der Waals surface area contributed by atoms with E-state index >= 15 is 0 Å². The van der Waals surface area contributed by atoms with Crippen molar-refractivity contribution in [3.63, 3.8) is 0 Å². The van der Waals surface area contributed by atoms with E-state index in [-0.39, 0.29) is 23.7 Å². The van der Waals surface area contributed by atoms with Gasteiger partial charge in [0.25, 0.3) is 0 Å². The summed E-state index contributed by atoms with van der Waals surface area (Å²) in [5, 5.41) is 7.98. The molecule has 0 spiro atoms. The van der Waals surface area contributed by atoms with E-state index in [0.717, 1.165) is 12.8 Å². The molecule has 2 rings (SSSR count). The summed E-state index contributed by atoms with van der Waals surface area (Å²) in [6.07, 6.45) is 1.56. The Hall–Kier alpha value is -1.41. The predicted molar refractivity (Wildman–Crippen MR) is 74.1 cm³/mol. The Bertz CT molecular complexity index is 599. The first-order valence-electron chi connectivity index (χ1n) is 5.84. The highest BCUT2D eigenvalue weighted by molar-refractivity contribution is 6.35. The molecule has 98 valence electrons. The Balaban J connectivity index is 2.15. The van der Waals surface area contributed by atoms with E-state index in [1.165, 1.54) is 0 Å². The van der Waals surface area contributed by atoms with Crippen LogP contribution in [0.2, 0.25) is 10.0 Å². The molecule has 0 atom stereocenters. The van der Waals surface area contributed by atoms with Gasteiger partial charge in [-0.1, -0.05) is 29.3 Å². The molecule has 1 aliphatic carbocycles. The largest absolute Gasteiger partial charge is 0.293 e. The van der Waals surface area contributed by atoms with Crippen LogP contribution in [0.25, 0.3) is 0 Å². The zero-order chi connectivity index (χ0) is 14.0. The van der Waals surface area contributed by atoms with Crippen LogP contribution >= 0.6 is 23.2 Å². The van der Waals surface area contributed by atoms with E-state index in [1.807, 2.05) is 5.87 Å². The van der Waals surface area contributed by atoms with Crippen LogP contribution in [0.3, 0.4) is 0 Å². The number of hydrogen-bond donors (Lipinski definition) is 1. The fourth-order valence-electron chi connectivity index (χ4n) is 1.74. The molecule has 0 bridgehead atoms. The summed E-state index contributed by atoms with van der Waals surface area (Å²) in [6.45, 7) is 0. The third-order valence-electron chi connectivity index (χ3n) is 2.96. The lowest BCUT2D eigenvalue weighted by Gasteiger charge is -2.05. The fraction of sp³-hybridized carbons (Fsp3) is 0.286. The van der Waals surface area contributed by atoms with Crippen molar-refractivity contribution in [2.24, 2.45) is 5.92 Å². The second kappa shape index (κ2) is 5.70. The third kappa shape index (κ3) is 3.32. The highest BCUT2D eigenvalue weighted by Crippen LogP contribution is 2.32. The molecule has 1 saturated carbocycles. The number of hydrogen-bond acceptors (Lipinski definition) is 3. The molecule has 0 aliphatic heterocycles. The molecule has 0 amide bonds. The predicted octanol–water partition coefficient (Wildman–Crippen LogP) is 3.26. The van der Waals surface area contributed by atoms with Gasteiger partial charge in [0.1, 0.15) is 5.57 Å². The molecule has 3 nitrogen and oxygen atoms in total. The van der Waals surface area contributed by atoms with Crippen molar-refractivity contribution >= 4 is 40.6 Å². The van der Waals surface area contributed by atoms with Crippen molar-refractivity contribution in [3.8, 4) is 0 Å². The van der Waals surface area contributed by atoms with Gasteiger partial charge in [-0.2, -0.15) is 0 Å². The minimum atomic E-state index is -0.420. The van der Waals surface area contributed by atoms with Crippen molar-refractivity contribution in [1.82, 2.24) is 0 Å². The van der Waals surface area contributed by atoms with Gasteiger partial charge in [-0.25, -0.2) is 0 Å². The molecule has 0 unspecified atom stereocenters. The molecule has 1 aromatic carbocycles. The number of allylic oxidation sites excluding steroid dienone is 1. The molecule has 1 aliphatic rings. The highest BCUT2D eigenvalue weighted by atomic mass is 35.5. The molecule has 1 N–H and O–H groups in total. The summed E-state index contributed by atoms with van der Waals surface area (Å²) < 4.78 is 0. The number of carbonyl (C=O) groups excluding carboxylic acids is 2. The van der Waals surface area contributed by atoms with Crippen molar-refractivity contribution in [3.05, 3.63) is 39.4 Å². The van der Waals surface area contributed by atoms with Gasteiger partial charge in [-0.05, 0) is 36.4 Å². The third-order valence-corrected chi connectivity index (χ3v) is 3.55. The SMILES string of the molecule is N=C=C(C(=O)Cc1ccc(Cl)cc1Cl)C(=O)C1CC1. The lowest BCUT2D eigenvalue weighted by atomic mass is 9.99. The smallest absolute Gasteiger partial charge is 0.180 e. The number of halogens is 2. The van der Waals surface area contributed by atoms with Gasteiger partial charge in [0, 0.05) is 22.4 Å². The zero-order valence-electron chi connectivity index (χ0n) is 10.0. The summed E-state index contributed by atoms with van der Waals surface area (Å²) in [5.41, 5.74) is 0.431. The molecule has 0 aromatic heterocycles. The Morgan fingerprint density at radius 2 is 2.00 bits per heavy atom. The molecule has 0 heterocycles. The van der Waals surface area contributed by atoms with Crippen LogP contribution in [0, 0.1) is 11.3 Å². The molecule has 0 radical (unpaired) electrons. The van der Waals surface area contributed by atoms with Crippen molar-refractivity contribution < 1.29 is 9.59 Å². The maximum atomic E-state index is 12.0. The Kier molecular flexibility index (Phi) is 4.20. The van der Waals surface area contributed by atoms with E-state index in [4.69, 9.17) is 28.6 Å². The number of Topliss-reactive ketones (excluding diaryl/α,β-unsaturated/α-hetero) is 2. The quantitative estimate of drug-likeness (QED) is 0.392. The number of benzene rings is 1. The first kappa shape index (κ1) is 14.0. The standard InChI is InChI=1S/C14H11Cl2NO2/c15-10-4-3-9(12(16)6-10)5-13(18)11(7-17)14(19)8-1-2-8/h3-4,6,8,17H,1-2,5H2. The summed E-state index contributed by atoms with van der Waals surface area (Å²) >= 11 is 11.8. The summed E-state index contributed by atoms with van der Waals surface area (Å²) in [5.74, 6) is 1.18. The van der Waals surface area contributed by atoms with Gasteiger partial charge in [-0.3, -0.25) is 15.0 Å². The molecule has 19 heavy (non-hydrogen) atoms. The first-order chi connectivity index (χ1) is 9.02. The van der Waals surface area contributed by atoms with Crippen LogP contribution in [0.5, 0.6) is 0 Å². The van der Waals surface area contributed by atoms with Gasteiger partial charge < -0.3 is 0 Å². The van der Waals surface area contributed by atoms with E-state index in [9.17, 15) is 9.59 Å². The molecule has 5 heteroatoms. The normalized spacial score (nSPS) is 13.8. The number of rotatable bonds is 5.